The van der Waals surface area contributed by atoms with Crippen molar-refractivity contribution in [1.82, 2.24) is 15.5 Å². The zero-order valence-corrected chi connectivity index (χ0v) is 8.95. The minimum atomic E-state index is 0.00981. The molecular formula is C10H17N3O2. The van der Waals surface area contributed by atoms with Gasteiger partial charge in [0, 0.05) is 26.6 Å². The summed E-state index contributed by atoms with van der Waals surface area (Å²) in [5.74, 6) is 0.295. The molecule has 0 aromatic carbocycles. The molecule has 1 unspecified atom stereocenters. The summed E-state index contributed by atoms with van der Waals surface area (Å²) in [6.07, 6.45) is 1.35. The van der Waals surface area contributed by atoms with Gasteiger partial charge in [-0.2, -0.15) is 0 Å². The highest BCUT2D eigenvalue weighted by Gasteiger charge is 2.30. The topological polar surface area (TPSA) is 61.4 Å². The Balaban J connectivity index is 1.82. The number of likely N-dealkylation sites (tertiary alicyclic amines) is 1. The van der Waals surface area contributed by atoms with Gasteiger partial charge >= 0.3 is 0 Å². The fourth-order valence-corrected chi connectivity index (χ4v) is 2.16. The second-order valence-electron chi connectivity index (χ2n) is 4.37. The molecule has 0 spiro atoms. The Morgan fingerprint density at radius 2 is 2.40 bits per heavy atom. The van der Waals surface area contributed by atoms with Crippen LogP contribution >= 0.6 is 0 Å². The van der Waals surface area contributed by atoms with Gasteiger partial charge in [-0.25, -0.2) is 0 Å². The number of hydrogen-bond acceptors (Lipinski definition) is 3. The molecule has 15 heavy (non-hydrogen) atoms. The maximum atomic E-state index is 11.7. The highest BCUT2D eigenvalue weighted by Crippen LogP contribution is 2.12. The highest BCUT2D eigenvalue weighted by molar-refractivity contribution is 5.83. The lowest BCUT2D eigenvalue weighted by Gasteiger charge is -2.15. The molecule has 5 heteroatoms. The van der Waals surface area contributed by atoms with Crippen LogP contribution in [0.4, 0.5) is 0 Å². The number of carbonyl (C=O) groups excluding carboxylic acids is 2. The van der Waals surface area contributed by atoms with E-state index in [0.717, 1.165) is 19.5 Å². The van der Waals surface area contributed by atoms with Crippen LogP contribution in [0.1, 0.15) is 12.8 Å². The van der Waals surface area contributed by atoms with Crippen LogP contribution in [0.2, 0.25) is 0 Å². The SMILES string of the molecule is CN1CC(NC(=O)[C@@H]2CCNC2)CC1=O. The number of likely N-dealkylation sites (N-methyl/N-ethyl adjacent to an activating group) is 1. The normalized spacial score (nSPS) is 31.0. The summed E-state index contributed by atoms with van der Waals surface area (Å²) in [4.78, 5) is 24.6. The Morgan fingerprint density at radius 3 is 2.93 bits per heavy atom. The van der Waals surface area contributed by atoms with E-state index in [1.54, 1.807) is 11.9 Å². The van der Waals surface area contributed by atoms with Gasteiger partial charge in [-0.3, -0.25) is 9.59 Å². The number of amides is 2. The zero-order chi connectivity index (χ0) is 10.8. The average molecular weight is 211 g/mol. The van der Waals surface area contributed by atoms with E-state index >= 15 is 0 Å². The highest BCUT2D eigenvalue weighted by atomic mass is 16.2. The van der Waals surface area contributed by atoms with Crippen LogP contribution in [0.15, 0.2) is 0 Å². The third-order valence-corrected chi connectivity index (χ3v) is 3.12. The Hall–Kier alpha value is -1.10. The molecule has 2 rings (SSSR count). The third kappa shape index (κ3) is 2.28. The van der Waals surface area contributed by atoms with Gasteiger partial charge in [-0.1, -0.05) is 0 Å². The molecule has 84 valence electrons. The lowest BCUT2D eigenvalue weighted by atomic mass is 10.1. The van der Waals surface area contributed by atoms with Gasteiger partial charge in [0.1, 0.15) is 0 Å². The predicted octanol–water partition coefficient (Wildman–Crippen LogP) is -1.06. The van der Waals surface area contributed by atoms with Crippen molar-refractivity contribution in [2.45, 2.75) is 18.9 Å². The fourth-order valence-electron chi connectivity index (χ4n) is 2.16. The summed E-state index contributed by atoms with van der Waals surface area (Å²) in [5.41, 5.74) is 0. The molecule has 5 nitrogen and oxygen atoms in total. The van der Waals surface area contributed by atoms with Gasteiger partial charge in [0.25, 0.3) is 0 Å². The van der Waals surface area contributed by atoms with Gasteiger partial charge in [0.15, 0.2) is 0 Å². The molecule has 0 saturated carbocycles. The summed E-state index contributed by atoms with van der Waals surface area (Å²) in [5, 5.41) is 6.10. The Labute approximate surface area is 89.2 Å². The molecule has 0 aromatic rings. The van der Waals surface area contributed by atoms with Crippen LogP contribution in [-0.4, -0.2) is 49.4 Å². The van der Waals surface area contributed by atoms with Crippen molar-refractivity contribution in [3.8, 4) is 0 Å². The molecule has 0 radical (unpaired) electrons. The number of nitrogens with one attached hydrogen (secondary N) is 2. The smallest absolute Gasteiger partial charge is 0.224 e. The first-order chi connectivity index (χ1) is 7.16. The van der Waals surface area contributed by atoms with E-state index in [0.29, 0.717) is 13.0 Å². The van der Waals surface area contributed by atoms with Gasteiger partial charge in [-0.15, -0.1) is 0 Å². The first kappa shape index (κ1) is 10.4. The molecule has 2 saturated heterocycles. The van der Waals surface area contributed by atoms with Crippen LogP contribution in [0.5, 0.6) is 0 Å². The van der Waals surface area contributed by atoms with Crippen molar-refractivity contribution < 1.29 is 9.59 Å². The van der Waals surface area contributed by atoms with Crippen molar-refractivity contribution in [3.05, 3.63) is 0 Å². The molecular weight excluding hydrogens is 194 g/mol. The van der Waals surface area contributed by atoms with Crippen LogP contribution in [0.3, 0.4) is 0 Å². The molecule has 2 aliphatic rings. The van der Waals surface area contributed by atoms with Crippen molar-refractivity contribution in [3.63, 3.8) is 0 Å². The van der Waals surface area contributed by atoms with Crippen LogP contribution in [0.25, 0.3) is 0 Å². The van der Waals surface area contributed by atoms with Crippen molar-refractivity contribution in [2.75, 3.05) is 26.7 Å². The van der Waals surface area contributed by atoms with E-state index in [9.17, 15) is 9.59 Å². The van der Waals surface area contributed by atoms with Gasteiger partial charge in [0.2, 0.25) is 11.8 Å². The van der Waals surface area contributed by atoms with E-state index in [-0.39, 0.29) is 23.8 Å². The maximum Gasteiger partial charge on any atom is 0.224 e. The number of carbonyl (C=O) groups is 2. The molecule has 0 bridgehead atoms. The first-order valence-electron chi connectivity index (χ1n) is 5.42. The quantitative estimate of drug-likeness (QED) is 0.612. The summed E-state index contributed by atoms with van der Waals surface area (Å²) in [7, 11) is 1.77. The molecule has 2 amide bonds. The van der Waals surface area contributed by atoms with E-state index in [1.807, 2.05) is 0 Å². The molecule has 2 fully saturated rings. The Bertz CT molecular complexity index is 274. The average Bonchev–Trinajstić information content (AvgIpc) is 2.77. The van der Waals surface area contributed by atoms with E-state index in [4.69, 9.17) is 0 Å². The number of hydrogen-bond donors (Lipinski definition) is 2. The van der Waals surface area contributed by atoms with E-state index < -0.39 is 0 Å². The Morgan fingerprint density at radius 1 is 1.60 bits per heavy atom. The van der Waals surface area contributed by atoms with E-state index in [2.05, 4.69) is 10.6 Å². The van der Waals surface area contributed by atoms with E-state index in [1.165, 1.54) is 0 Å². The standard InChI is InChI=1S/C10H17N3O2/c1-13-6-8(4-9(13)14)12-10(15)7-2-3-11-5-7/h7-8,11H,2-6H2,1H3,(H,12,15)/t7-,8?/m1/s1. The number of rotatable bonds is 2. The van der Waals surface area contributed by atoms with Crippen LogP contribution in [0, 0.1) is 5.92 Å². The molecule has 2 N–H and O–H groups in total. The van der Waals surface area contributed by atoms with Crippen molar-refractivity contribution >= 4 is 11.8 Å². The zero-order valence-electron chi connectivity index (χ0n) is 8.95. The molecule has 2 atom stereocenters. The largest absolute Gasteiger partial charge is 0.351 e. The summed E-state index contributed by atoms with van der Waals surface area (Å²) >= 11 is 0. The minimum Gasteiger partial charge on any atom is -0.351 e. The summed E-state index contributed by atoms with van der Waals surface area (Å²) in [6.45, 7) is 2.33. The summed E-state index contributed by atoms with van der Waals surface area (Å²) in [6, 6.07) is 0.00981. The maximum absolute atomic E-state index is 11.7. The van der Waals surface area contributed by atoms with Crippen LogP contribution in [-0.2, 0) is 9.59 Å². The van der Waals surface area contributed by atoms with Crippen LogP contribution < -0.4 is 10.6 Å². The predicted molar refractivity (Wildman–Crippen MR) is 55.2 cm³/mol. The van der Waals surface area contributed by atoms with Crippen molar-refractivity contribution in [2.24, 2.45) is 5.92 Å². The second kappa shape index (κ2) is 4.18. The molecule has 2 heterocycles. The molecule has 0 aromatic heterocycles. The van der Waals surface area contributed by atoms with Gasteiger partial charge in [-0.05, 0) is 13.0 Å². The molecule has 0 aliphatic carbocycles. The second-order valence-corrected chi connectivity index (χ2v) is 4.37. The Kier molecular flexibility index (Phi) is 2.90. The number of nitrogens with zero attached hydrogens (tertiary/aromatic N) is 1. The lowest BCUT2D eigenvalue weighted by Crippen LogP contribution is -2.40. The monoisotopic (exact) mass is 211 g/mol. The molecule has 2 aliphatic heterocycles. The fraction of sp³-hybridized carbons (Fsp3) is 0.800. The first-order valence-corrected chi connectivity index (χ1v) is 5.42. The van der Waals surface area contributed by atoms with Gasteiger partial charge < -0.3 is 15.5 Å². The van der Waals surface area contributed by atoms with Crippen molar-refractivity contribution in [1.29, 1.82) is 0 Å². The van der Waals surface area contributed by atoms with Gasteiger partial charge in [0.05, 0.1) is 12.0 Å². The lowest BCUT2D eigenvalue weighted by molar-refractivity contribution is -0.126. The third-order valence-electron chi connectivity index (χ3n) is 3.12. The minimum absolute atomic E-state index is 0.00981. The summed E-state index contributed by atoms with van der Waals surface area (Å²) < 4.78 is 0.